The summed E-state index contributed by atoms with van der Waals surface area (Å²) in [6.45, 7) is 6.59. The van der Waals surface area contributed by atoms with Crippen LogP contribution in [0.2, 0.25) is 0 Å². The molecular formula is C55H88N10O18. The van der Waals surface area contributed by atoms with Gasteiger partial charge < -0.3 is 80.2 Å². The number of Topliss-reactive ketones (excluding diaryl/α,β-unsaturated/α-hetero) is 4. The quantitative estimate of drug-likeness (QED) is 0.0174. The van der Waals surface area contributed by atoms with Gasteiger partial charge >= 0.3 is 5.97 Å². The molecule has 0 heterocycles. The van der Waals surface area contributed by atoms with Crippen LogP contribution in [0.5, 0.6) is 0 Å². The van der Waals surface area contributed by atoms with Crippen molar-refractivity contribution in [3.05, 3.63) is 35.9 Å². The summed E-state index contributed by atoms with van der Waals surface area (Å²) in [6.07, 6.45) is -8.70. The number of carboxylic acids is 1. The number of carbonyl (C=O) groups excluding carboxylic acids is 11. The van der Waals surface area contributed by atoms with Crippen molar-refractivity contribution in [2.45, 2.75) is 174 Å². The monoisotopic (exact) mass is 1180 g/mol. The fourth-order valence-electron chi connectivity index (χ4n) is 8.97. The standard InChI is InChI=1S/C55H88N10O18/c1-7-33(15-17-44(56)75)50(79)63-46(29(4)68)41(72)22-34(14-11-19-60-55(58)59)51(80)62-39(27-67)40(71)25-37(26-66)54(83)65-47(30(5)69)42(73)23-35(16-18-45(76)77)52(81)64-48(31(6)70)43(74)24-36(21-32-12-9-8-10-13-32)53(82)61-38(49(57)78)20-28(2)3/h8-10,12-13,28-31,33-39,46-48,66-70H,7,11,14-27H2,1-6H3,(H2,56,75)(H2,57,78)(H,61,82)(H,62,80)(H,63,79)(H,64,81)(H,65,83)(H,76,77)(H4,58,59,60)/t29-,30-,31-,33+,34-,35-,36-,37+,38+,39+,46+,47+,48+/m1/s1. The number of carboxylic acid groups (broad SMARTS) is 1. The molecule has 83 heavy (non-hydrogen) atoms. The van der Waals surface area contributed by atoms with Crippen molar-refractivity contribution in [3.8, 4) is 0 Å². The first-order valence-electron chi connectivity index (χ1n) is 27.6. The van der Waals surface area contributed by atoms with Gasteiger partial charge in [0.05, 0.1) is 37.4 Å². The number of aliphatic hydroxyl groups is 5. The van der Waals surface area contributed by atoms with Gasteiger partial charge in [-0.3, -0.25) is 62.5 Å². The summed E-state index contributed by atoms with van der Waals surface area (Å²) in [5.41, 5.74) is 22.3. The second-order valence-corrected chi connectivity index (χ2v) is 21.4. The fraction of sp³-hybridized carbons (Fsp3) is 0.655. The maximum atomic E-state index is 14.0. The van der Waals surface area contributed by atoms with E-state index in [1.54, 1.807) is 51.1 Å². The lowest BCUT2D eigenvalue weighted by Gasteiger charge is -2.28. The molecule has 0 aliphatic rings. The number of aliphatic hydroxyl groups excluding tert-OH is 5. The zero-order valence-corrected chi connectivity index (χ0v) is 48.1. The Bertz CT molecular complexity index is 2380. The predicted octanol–water partition coefficient (Wildman–Crippen LogP) is -3.18. The van der Waals surface area contributed by atoms with E-state index in [1.165, 1.54) is 6.92 Å². The number of aliphatic imine (C=N–C) groups is 1. The van der Waals surface area contributed by atoms with E-state index in [0.29, 0.717) is 5.56 Å². The highest BCUT2D eigenvalue weighted by atomic mass is 16.4. The third-order valence-corrected chi connectivity index (χ3v) is 13.8. The highest BCUT2D eigenvalue weighted by Gasteiger charge is 2.38. The van der Waals surface area contributed by atoms with Gasteiger partial charge in [0.2, 0.25) is 41.4 Å². The van der Waals surface area contributed by atoms with Crippen LogP contribution in [0.4, 0.5) is 0 Å². The molecule has 19 N–H and O–H groups in total. The molecule has 1 aromatic carbocycles. The minimum absolute atomic E-state index is 0.0123. The maximum absolute atomic E-state index is 14.0. The minimum atomic E-state index is -1.87. The highest BCUT2D eigenvalue weighted by Crippen LogP contribution is 2.22. The molecule has 13 atom stereocenters. The average molecular weight is 1180 g/mol. The number of aliphatic carboxylic acids is 1. The molecule has 0 aliphatic carbocycles. The van der Waals surface area contributed by atoms with Crippen LogP contribution in [-0.4, -0.2) is 175 Å². The van der Waals surface area contributed by atoms with Gasteiger partial charge in [0, 0.05) is 68.7 Å². The molecule has 0 unspecified atom stereocenters. The van der Waals surface area contributed by atoms with E-state index < -0.39 is 200 Å². The van der Waals surface area contributed by atoms with E-state index in [4.69, 9.17) is 22.9 Å². The zero-order chi connectivity index (χ0) is 63.3. The molecule has 28 nitrogen and oxygen atoms in total. The Morgan fingerprint density at radius 2 is 0.940 bits per heavy atom. The van der Waals surface area contributed by atoms with Gasteiger partial charge in [0.1, 0.15) is 30.2 Å². The van der Waals surface area contributed by atoms with Crippen molar-refractivity contribution < 1.29 is 88.2 Å². The Balaban J connectivity index is 3.39. The van der Waals surface area contributed by atoms with Crippen LogP contribution in [0.25, 0.3) is 0 Å². The Kier molecular flexibility index (Phi) is 33.5. The topological polar surface area (TPSA) is 503 Å². The van der Waals surface area contributed by atoms with Gasteiger partial charge in [-0.05, 0) is 77.2 Å². The molecule has 7 amide bonds. The van der Waals surface area contributed by atoms with Gasteiger partial charge in [-0.15, -0.1) is 0 Å². The van der Waals surface area contributed by atoms with Crippen LogP contribution >= 0.6 is 0 Å². The molecule has 0 bridgehead atoms. The fourth-order valence-corrected chi connectivity index (χ4v) is 8.97. The maximum Gasteiger partial charge on any atom is 0.303 e. The number of ketones is 4. The number of amides is 7. The van der Waals surface area contributed by atoms with Crippen LogP contribution < -0.4 is 49.5 Å². The first kappa shape index (κ1) is 73.7. The summed E-state index contributed by atoms with van der Waals surface area (Å²) in [5, 5.41) is 74.2. The van der Waals surface area contributed by atoms with Gasteiger partial charge in [-0.2, -0.15) is 0 Å². The largest absolute Gasteiger partial charge is 0.481 e. The van der Waals surface area contributed by atoms with Crippen molar-refractivity contribution in [2.75, 3.05) is 19.8 Å². The Hall–Kier alpha value is -7.27. The van der Waals surface area contributed by atoms with Crippen LogP contribution in [0.15, 0.2) is 35.3 Å². The predicted molar refractivity (Wildman–Crippen MR) is 299 cm³/mol. The van der Waals surface area contributed by atoms with Crippen molar-refractivity contribution in [1.82, 2.24) is 26.6 Å². The third kappa shape index (κ3) is 27.6. The molecule has 466 valence electrons. The first-order valence-corrected chi connectivity index (χ1v) is 27.6. The summed E-state index contributed by atoms with van der Waals surface area (Å²) in [6, 6.07) is 0.534. The summed E-state index contributed by atoms with van der Waals surface area (Å²) < 4.78 is 0. The lowest BCUT2D eigenvalue weighted by molar-refractivity contribution is -0.140. The van der Waals surface area contributed by atoms with Crippen LogP contribution in [-0.2, 0) is 64.0 Å². The number of benzene rings is 1. The van der Waals surface area contributed by atoms with E-state index in [9.17, 15) is 88.2 Å². The number of rotatable bonds is 43. The molecule has 0 aliphatic heterocycles. The Morgan fingerprint density at radius 3 is 1.36 bits per heavy atom. The van der Waals surface area contributed by atoms with Gasteiger partial charge in [-0.1, -0.05) is 51.1 Å². The van der Waals surface area contributed by atoms with Crippen LogP contribution in [0.1, 0.15) is 124 Å². The number of carbonyl (C=O) groups is 12. The minimum Gasteiger partial charge on any atom is -0.481 e. The van der Waals surface area contributed by atoms with Gasteiger partial charge in [-0.25, -0.2) is 0 Å². The second-order valence-electron chi connectivity index (χ2n) is 21.4. The number of hydrogen-bond donors (Lipinski definition) is 15. The van der Waals surface area contributed by atoms with E-state index in [2.05, 4.69) is 31.6 Å². The number of nitrogens with zero attached hydrogens (tertiary/aromatic N) is 1. The van der Waals surface area contributed by atoms with Crippen molar-refractivity contribution >= 4 is 76.4 Å². The first-order chi connectivity index (χ1) is 38.9. The lowest BCUT2D eigenvalue weighted by atomic mass is 9.88. The molecule has 0 fully saturated rings. The average Bonchev–Trinajstić information content (AvgIpc) is 3.44. The molecule has 1 aromatic rings. The number of primary amides is 2. The molecule has 1 rings (SSSR count). The van der Waals surface area contributed by atoms with E-state index in [0.717, 1.165) is 13.8 Å². The number of guanidine groups is 1. The number of nitrogens with one attached hydrogen (secondary N) is 5. The molecule has 0 saturated heterocycles. The second kappa shape index (κ2) is 37.8. The molecule has 0 spiro atoms. The van der Waals surface area contributed by atoms with E-state index in [-0.39, 0.29) is 63.4 Å². The lowest BCUT2D eigenvalue weighted by Crippen LogP contribution is -2.53. The van der Waals surface area contributed by atoms with Crippen molar-refractivity contribution in [1.29, 1.82) is 0 Å². The normalized spacial score (nSPS) is 16.0. The van der Waals surface area contributed by atoms with Crippen LogP contribution in [0, 0.1) is 35.5 Å². The smallest absolute Gasteiger partial charge is 0.303 e. The molecule has 0 radical (unpaired) electrons. The van der Waals surface area contributed by atoms with Gasteiger partial charge in [0.25, 0.3) is 0 Å². The summed E-state index contributed by atoms with van der Waals surface area (Å²) in [7, 11) is 0. The molecule has 0 saturated carbocycles. The summed E-state index contributed by atoms with van der Waals surface area (Å²) in [5.74, 6) is -18.1. The van der Waals surface area contributed by atoms with Crippen LogP contribution in [0.3, 0.4) is 0 Å². The Morgan fingerprint density at radius 1 is 0.518 bits per heavy atom. The van der Waals surface area contributed by atoms with E-state index in [1.807, 2.05) is 0 Å². The number of nitrogens with two attached hydrogens (primary N) is 4. The molecular weight excluding hydrogens is 1090 g/mol. The summed E-state index contributed by atoms with van der Waals surface area (Å²) >= 11 is 0. The summed E-state index contributed by atoms with van der Waals surface area (Å²) in [4.78, 5) is 163. The van der Waals surface area contributed by atoms with Crippen molar-refractivity contribution in [3.63, 3.8) is 0 Å². The number of hydrogen-bond acceptors (Lipinski definition) is 18. The molecule has 0 aromatic heterocycles. The highest BCUT2D eigenvalue weighted by molar-refractivity contribution is 5.99. The van der Waals surface area contributed by atoms with Crippen molar-refractivity contribution in [2.24, 2.45) is 63.4 Å². The molecule has 28 heteroatoms. The SMILES string of the molecule is CC[C@@H](CCC(N)=O)C(=O)N[C@H](C(=O)C[C@@H](CCCN=C(N)N)C(=O)N[C@@H](CO)C(=O)C[C@@H](CO)C(=O)N[C@H](C(=O)C[C@@H](CCC(=O)O)C(=O)N[C@H](C(=O)C[C@@H](Cc1ccccc1)C(=O)N[C@@H](CC(C)C)C(N)=O)[C@@H](C)O)[C@@H](C)O)[C@@H](C)O. The Labute approximate surface area is 482 Å². The van der Waals surface area contributed by atoms with E-state index >= 15 is 0 Å². The van der Waals surface area contributed by atoms with Gasteiger partial charge in [0.15, 0.2) is 29.1 Å². The third-order valence-electron chi connectivity index (χ3n) is 13.8. The zero-order valence-electron chi connectivity index (χ0n) is 48.1.